The van der Waals surface area contributed by atoms with Crippen LogP contribution in [0.2, 0.25) is 0 Å². The van der Waals surface area contributed by atoms with Crippen LogP contribution in [0, 0.1) is 6.92 Å². The number of fused-ring (bicyclic) bond motifs is 3. The predicted octanol–water partition coefficient (Wildman–Crippen LogP) is 2.23. The molecule has 0 radical (unpaired) electrons. The Labute approximate surface area is 164 Å². The van der Waals surface area contributed by atoms with E-state index in [9.17, 15) is 9.59 Å². The summed E-state index contributed by atoms with van der Waals surface area (Å²) < 4.78 is 8.80. The van der Waals surface area contributed by atoms with Gasteiger partial charge in [-0.1, -0.05) is 23.9 Å². The topological polar surface area (TPSA) is 85.6 Å². The van der Waals surface area contributed by atoms with E-state index in [1.54, 1.807) is 25.1 Å². The molecule has 1 aromatic carbocycles. The zero-order valence-corrected chi connectivity index (χ0v) is 16.6. The average Bonchev–Trinajstić information content (AvgIpc) is 3.30. The highest BCUT2D eigenvalue weighted by Crippen LogP contribution is 2.21. The Morgan fingerprint density at radius 1 is 1.21 bits per heavy atom. The lowest BCUT2D eigenvalue weighted by Crippen LogP contribution is -2.27. The Bertz CT molecular complexity index is 1240. The molecule has 0 saturated carbocycles. The lowest BCUT2D eigenvalue weighted by molar-refractivity contribution is -0.127. The smallest absolute Gasteiger partial charge is 0.262 e. The largest absolute Gasteiger partial charge is 0.464 e. The first-order valence-electron chi connectivity index (χ1n) is 8.70. The van der Waals surface area contributed by atoms with Crippen LogP contribution in [-0.2, 0) is 18.4 Å². The molecule has 0 aliphatic rings. The van der Waals surface area contributed by atoms with Crippen LogP contribution in [-0.4, -0.2) is 42.8 Å². The predicted molar refractivity (Wildman–Crippen MR) is 106 cm³/mol. The minimum atomic E-state index is -0.128. The van der Waals surface area contributed by atoms with Gasteiger partial charge in [-0.2, -0.15) is 0 Å². The molecule has 8 nitrogen and oxygen atoms in total. The molecule has 9 heteroatoms. The molecule has 3 aromatic heterocycles. The van der Waals surface area contributed by atoms with Gasteiger partial charge in [-0.15, -0.1) is 10.2 Å². The molecule has 0 unspecified atom stereocenters. The molecule has 1 amide bonds. The molecule has 0 fully saturated rings. The molecule has 4 aromatic rings. The summed E-state index contributed by atoms with van der Waals surface area (Å²) in [6, 6.07) is 11.0. The van der Waals surface area contributed by atoms with Crippen LogP contribution in [0.1, 0.15) is 11.5 Å². The molecule has 4 rings (SSSR count). The van der Waals surface area contributed by atoms with E-state index in [0.717, 1.165) is 17.0 Å². The van der Waals surface area contributed by atoms with E-state index in [-0.39, 0.29) is 17.2 Å². The van der Waals surface area contributed by atoms with Crippen molar-refractivity contribution in [2.24, 2.45) is 7.05 Å². The number of benzene rings is 1. The third-order valence-corrected chi connectivity index (χ3v) is 5.45. The van der Waals surface area contributed by atoms with E-state index in [0.29, 0.717) is 22.9 Å². The van der Waals surface area contributed by atoms with Crippen molar-refractivity contribution in [3.8, 4) is 0 Å². The molecule has 0 saturated heterocycles. The van der Waals surface area contributed by atoms with Gasteiger partial charge < -0.3 is 9.32 Å². The number of carbonyl (C=O) groups is 1. The maximum atomic E-state index is 12.5. The van der Waals surface area contributed by atoms with Crippen molar-refractivity contribution in [1.29, 1.82) is 0 Å². The number of amides is 1. The van der Waals surface area contributed by atoms with Gasteiger partial charge in [0, 0.05) is 14.1 Å². The van der Waals surface area contributed by atoms with Gasteiger partial charge in [0.15, 0.2) is 5.16 Å². The number of furan rings is 1. The van der Waals surface area contributed by atoms with Gasteiger partial charge >= 0.3 is 0 Å². The lowest BCUT2D eigenvalue weighted by atomic mass is 10.2. The number of carbonyl (C=O) groups excluding carboxylic acids is 1. The van der Waals surface area contributed by atoms with Crippen LogP contribution in [0.15, 0.2) is 50.8 Å². The van der Waals surface area contributed by atoms with E-state index in [4.69, 9.17) is 4.42 Å². The van der Waals surface area contributed by atoms with Crippen LogP contribution < -0.4 is 5.56 Å². The molecule has 144 valence electrons. The Kier molecular flexibility index (Phi) is 4.68. The van der Waals surface area contributed by atoms with Gasteiger partial charge in [0.2, 0.25) is 11.7 Å². The number of nitrogens with zero attached hydrogens (tertiary/aromatic N) is 5. The van der Waals surface area contributed by atoms with Crippen LogP contribution >= 0.6 is 11.8 Å². The van der Waals surface area contributed by atoms with Crippen molar-refractivity contribution in [3.63, 3.8) is 0 Å². The second-order valence-corrected chi connectivity index (χ2v) is 7.49. The molecular weight excluding hydrogens is 378 g/mol. The summed E-state index contributed by atoms with van der Waals surface area (Å²) in [5, 5.41) is 9.48. The quantitative estimate of drug-likeness (QED) is 0.480. The Balaban J connectivity index is 1.58. The molecule has 0 aliphatic heterocycles. The third-order valence-electron chi connectivity index (χ3n) is 4.54. The summed E-state index contributed by atoms with van der Waals surface area (Å²) in [5.74, 6) is 2.15. The van der Waals surface area contributed by atoms with Crippen molar-refractivity contribution in [2.45, 2.75) is 18.6 Å². The third kappa shape index (κ3) is 3.18. The summed E-state index contributed by atoms with van der Waals surface area (Å²) in [7, 11) is 3.40. The summed E-state index contributed by atoms with van der Waals surface area (Å²) in [6.07, 6.45) is 0. The van der Waals surface area contributed by atoms with E-state index in [1.165, 1.54) is 16.3 Å². The highest BCUT2D eigenvalue weighted by Gasteiger charge is 2.17. The normalized spacial score (nSPS) is 11.4. The minimum Gasteiger partial charge on any atom is -0.464 e. The minimum absolute atomic E-state index is 0.0510. The van der Waals surface area contributed by atoms with E-state index >= 15 is 0 Å². The van der Waals surface area contributed by atoms with Gasteiger partial charge in [-0.05, 0) is 31.2 Å². The second-order valence-electron chi connectivity index (χ2n) is 6.55. The van der Waals surface area contributed by atoms with E-state index < -0.39 is 0 Å². The number of rotatable bonds is 5. The summed E-state index contributed by atoms with van der Waals surface area (Å²) in [5.41, 5.74) is 0.594. The summed E-state index contributed by atoms with van der Waals surface area (Å²) in [6.45, 7) is 2.28. The van der Waals surface area contributed by atoms with Crippen molar-refractivity contribution in [2.75, 3.05) is 12.8 Å². The standard InChI is InChI=1S/C19H19N5O3S/c1-12-8-9-13(27-12)10-22(2)16(25)11-28-19-21-20-18-23(3)17(26)14-6-4-5-7-15(14)24(18)19/h4-9H,10-11H2,1-3H3. The molecule has 0 spiro atoms. The maximum absolute atomic E-state index is 12.5. The molecule has 0 atom stereocenters. The Morgan fingerprint density at radius 2 is 2.00 bits per heavy atom. The molecule has 0 bridgehead atoms. The molecule has 0 N–H and O–H groups in total. The van der Waals surface area contributed by atoms with Crippen molar-refractivity contribution in [1.82, 2.24) is 24.1 Å². The monoisotopic (exact) mass is 397 g/mol. The number of para-hydroxylation sites is 1. The number of hydrogen-bond donors (Lipinski definition) is 0. The summed E-state index contributed by atoms with van der Waals surface area (Å²) >= 11 is 1.29. The number of aryl methyl sites for hydroxylation is 2. The Hall–Kier alpha value is -3.07. The van der Waals surface area contributed by atoms with Crippen molar-refractivity contribution >= 4 is 34.3 Å². The second kappa shape index (κ2) is 7.16. The zero-order valence-electron chi connectivity index (χ0n) is 15.7. The first-order chi connectivity index (χ1) is 13.5. The molecule has 28 heavy (non-hydrogen) atoms. The average molecular weight is 397 g/mol. The van der Waals surface area contributed by atoms with Gasteiger partial charge in [0.05, 0.1) is 23.2 Å². The van der Waals surface area contributed by atoms with Gasteiger partial charge in [-0.3, -0.25) is 18.6 Å². The van der Waals surface area contributed by atoms with E-state index in [1.807, 2.05) is 41.7 Å². The molecule has 3 heterocycles. The van der Waals surface area contributed by atoms with Crippen LogP contribution in [0.5, 0.6) is 0 Å². The highest BCUT2D eigenvalue weighted by atomic mass is 32.2. The molecule has 0 aliphatic carbocycles. The van der Waals surface area contributed by atoms with Crippen LogP contribution in [0.3, 0.4) is 0 Å². The fourth-order valence-corrected chi connectivity index (χ4v) is 3.91. The van der Waals surface area contributed by atoms with Crippen LogP contribution in [0.25, 0.3) is 16.7 Å². The number of aromatic nitrogens is 4. The van der Waals surface area contributed by atoms with Gasteiger partial charge in [0.1, 0.15) is 11.5 Å². The van der Waals surface area contributed by atoms with Crippen molar-refractivity contribution in [3.05, 3.63) is 58.3 Å². The highest BCUT2D eigenvalue weighted by molar-refractivity contribution is 7.99. The van der Waals surface area contributed by atoms with Crippen molar-refractivity contribution < 1.29 is 9.21 Å². The fourth-order valence-electron chi connectivity index (χ4n) is 3.03. The van der Waals surface area contributed by atoms with Crippen LogP contribution in [0.4, 0.5) is 0 Å². The molecular formula is C19H19N5O3S. The van der Waals surface area contributed by atoms with E-state index in [2.05, 4.69) is 10.2 Å². The zero-order chi connectivity index (χ0) is 19.8. The lowest BCUT2D eigenvalue weighted by Gasteiger charge is -2.15. The first kappa shape index (κ1) is 18.3. The van der Waals surface area contributed by atoms with Gasteiger partial charge in [0.25, 0.3) is 5.56 Å². The fraction of sp³-hybridized carbons (Fsp3) is 0.263. The SMILES string of the molecule is Cc1ccc(CN(C)C(=O)CSc2nnc3n(C)c(=O)c4ccccc4n23)o1. The van der Waals surface area contributed by atoms with Gasteiger partial charge in [-0.25, -0.2) is 0 Å². The summed E-state index contributed by atoms with van der Waals surface area (Å²) in [4.78, 5) is 26.6. The number of thioether (sulfide) groups is 1. The Morgan fingerprint density at radius 3 is 2.75 bits per heavy atom. The number of hydrogen-bond acceptors (Lipinski definition) is 6. The maximum Gasteiger partial charge on any atom is 0.262 e. The first-order valence-corrected chi connectivity index (χ1v) is 9.69.